The molecule has 2 saturated carbocycles. The van der Waals surface area contributed by atoms with Crippen molar-refractivity contribution in [2.24, 2.45) is 23.7 Å². The van der Waals surface area contributed by atoms with Crippen LogP contribution in [0.15, 0.2) is 106 Å². The molecule has 10 nitrogen and oxygen atoms in total. The van der Waals surface area contributed by atoms with Crippen molar-refractivity contribution < 1.29 is 68.3 Å². The largest absolute Gasteiger partial charge is 0.743 e. The summed E-state index contributed by atoms with van der Waals surface area (Å²) >= 11 is 0. The lowest BCUT2D eigenvalue weighted by molar-refractivity contribution is -0.262. The van der Waals surface area contributed by atoms with Gasteiger partial charge in [0.15, 0.2) is 26.5 Å². The van der Waals surface area contributed by atoms with Gasteiger partial charge in [0, 0.05) is 17.4 Å². The minimum Gasteiger partial charge on any atom is -0.743 e. The number of halogens is 5. The van der Waals surface area contributed by atoms with Crippen LogP contribution in [-0.2, 0) is 49.6 Å². The van der Waals surface area contributed by atoms with Crippen LogP contribution in [0.2, 0.25) is 0 Å². The number of benzene rings is 3. The predicted molar refractivity (Wildman–Crippen MR) is 165 cm³/mol. The smallest absolute Gasteiger partial charge is 0.432 e. The van der Waals surface area contributed by atoms with Gasteiger partial charge in [0.2, 0.25) is 9.79 Å². The van der Waals surface area contributed by atoms with Gasteiger partial charge in [-0.05, 0) is 49.7 Å². The number of carbonyl (C=O) groups excluding carboxylic acids is 3. The average Bonchev–Trinajstić information content (AvgIpc) is 3.69. The maximum absolute atomic E-state index is 13.7. The molecule has 17 heteroatoms. The van der Waals surface area contributed by atoms with Crippen LogP contribution in [-0.4, -0.2) is 60.6 Å². The van der Waals surface area contributed by atoms with E-state index in [1.54, 1.807) is 0 Å². The summed E-state index contributed by atoms with van der Waals surface area (Å²) in [5, 5.41) is -6.02. The molecule has 7 rings (SSSR count). The number of para-hydroxylation sites is 2. The van der Waals surface area contributed by atoms with Crippen LogP contribution in [0.3, 0.4) is 0 Å². The van der Waals surface area contributed by atoms with Crippen LogP contribution in [0.25, 0.3) is 0 Å². The molecule has 1 saturated heterocycles. The van der Waals surface area contributed by atoms with Crippen molar-refractivity contribution in [2.45, 2.75) is 57.8 Å². The maximum Gasteiger partial charge on any atom is 0.432 e. The van der Waals surface area contributed by atoms with E-state index in [2.05, 4.69) is 65.9 Å². The Morgan fingerprint density at radius 1 is 0.922 bits per heavy atom. The third-order valence-corrected chi connectivity index (χ3v) is 12.1. The molecule has 7 unspecified atom stereocenters. The number of alkyl halides is 5. The normalized spacial score (nSPS) is 25.3. The van der Waals surface area contributed by atoms with Crippen LogP contribution < -0.4 is 4.74 Å². The van der Waals surface area contributed by atoms with Crippen LogP contribution in [0.1, 0.15) is 13.3 Å². The lowest BCUT2D eigenvalue weighted by atomic mass is 9.78. The molecule has 51 heavy (non-hydrogen) atoms. The molecule has 3 aromatic rings. The number of carbonyl (C=O) groups is 3. The van der Waals surface area contributed by atoms with E-state index in [0.717, 1.165) is 11.5 Å². The highest BCUT2D eigenvalue weighted by atomic mass is 32.2. The van der Waals surface area contributed by atoms with E-state index in [4.69, 9.17) is 14.2 Å². The first-order chi connectivity index (χ1) is 23.9. The summed E-state index contributed by atoms with van der Waals surface area (Å²) in [5.74, 6) is -7.03. The number of ether oxygens (including phenoxy) is 4. The minimum atomic E-state index is -6.87. The number of rotatable bonds is 7. The van der Waals surface area contributed by atoms with Gasteiger partial charge in [-0.2, -0.15) is 22.0 Å². The second-order valence-corrected chi connectivity index (χ2v) is 15.6. The van der Waals surface area contributed by atoms with E-state index in [-0.39, 0.29) is 22.9 Å². The van der Waals surface area contributed by atoms with Crippen LogP contribution in [0.4, 0.5) is 22.0 Å². The van der Waals surface area contributed by atoms with Crippen molar-refractivity contribution >= 4 is 38.9 Å². The Labute approximate surface area is 290 Å². The number of hydrogen-bond donors (Lipinski definition) is 0. The summed E-state index contributed by atoms with van der Waals surface area (Å²) in [6, 6.07) is 27.3. The van der Waals surface area contributed by atoms with Crippen molar-refractivity contribution in [3.8, 4) is 11.5 Å². The molecule has 0 amide bonds. The third-order valence-electron chi connectivity index (χ3n) is 8.92. The molecule has 2 aliphatic carbocycles. The Bertz CT molecular complexity index is 1940. The third kappa shape index (κ3) is 6.57. The molecule has 0 aromatic heterocycles. The maximum atomic E-state index is 13.7. The molecule has 7 atom stereocenters. The quantitative estimate of drug-likeness (QED) is 0.0569. The fourth-order valence-corrected chi connectivity index (χ4v) is 9.47. The highest BCUT2D eigenvalue weighted by Crippen LogP contribution is 2.59. The first-order valence-corrected chi connectivity index (χ1v) is 17.9. The van der Waals surface area contributed by atoms with Crippen LogP contribution >= 0.6 is 0 Å². The molecular weight excluding hydrogens is 727 g/mol. The zero-order valence-corrected chi connectivity index (χ0v) is 27.9. The lowest BCUT2D eigenvalue weighted by Crippen LogP contribution is -2.54. The van der Waals surface area contributed by atoms with Gasteiger partial charge >= 0.3 is 29.3 Å². The molecule has 3 fully saturated rings. The predicted octanol–water partition coefficient (Wildman–Crippen LogP) is 5.78. The highest BCUT2D eigenvalue weighted by molar-refractivity contribution is 7.97. The van der Waals surface area contributed by atoms with Gasteiger partial charge in [0.05, 0.1) is 11.8 Å². The standard InChI is InChI=1S/C18H13OS.C16H15F5O9S/c1-2-8-14(9-3-1)20-17-12-6-4-10-15(17)19-16-11-5-7-13-18(16)20;1-4(2)11(22)28-9-6-3-5-7(12(23)29-10(5)9)8(6)13(24)30-14(15(17,18)19)16(20,21)31(25,26)27/h1-13H;5-10,14H,1,3H2,2H3,(H,25,26,27)/q+1;/p-1. The van der Waals surface area contributed by atoms with Crippen LogP contribution in [0, 0.1) is 23.7 Å². The van der Waals surface area contributed by atoms with Gasteiger partial charge in [-0.1, -0.05) is 49.0 Å². The molecule has 0 spiro atoms. The highest BCUT2D eigenvalue weighted by Gasteiger charge is 2.71. The second kappa shape index (κ2) is 13.2. The van der Waals surface area contributed by atoms with E-state index in [0.29, 0.717) is 0 Å². The first kappa shape index (κ1) is 36.3. The van der Waals surface area contributed by atoms with Gasteiger partial charge in [-0.25, -0.2) is 13.2 Å². The summed E-state index contributed by atoms with van der Waals surface area (Å²) in [4.78, 5) is 40.2. The molecule has 0 N–H and O–H groups in total. The number of fused-ring (bicyclic) bond motifs is 3. The Balaban J connectivity index is 0.000000191. The molecule has 270 valence electrons. The average molecular weight is 755 g/mol. The second-order valence-electron chi connectivity index (χ2n) is 12.2. The summed E-state index contributed by atoms with van der Waals surface area (Å²) < 4.78 is 118. The number of esters is 3. The van der Waals surface area contributed by atoms with Crippen molar-refractivity contribution in [2.75, 3.05) is 0 Å². The molecular formula is C34H27F5O10S2. The minimum absolute atomic E-state index is 0.0259. The zero-order valence-electron chi connectivity index (χ0n) is 26.3. The molecule has 4 aliphatic rings. The Morgan fingerprint density at radius 3 is 2.00 bits per heavy atom. The van der Waals surface area contributed by atoms with Gasteiger partial charge < -0.3 is 23.5 Å². The van der Waals surface area contributed by atoms with Crippen LogP contribution in [0.5, 0.6) is 11.5 Å². The van der Waals surface area contributed by atoms with Gasteiger partial charge in [-0.3, -0.25) is 9.59 Å². The van der Waals surface area contributed by atoms with Gasteiger partial charge in [0.25, 0.3) is 6.10 Å². The van der Waals surface area contributed by atoms with Crippen molar-refractivity contribution in [3.05, 3.63) is 91.0 Å². The monoisotopic (exact) mass is 754 g/mol. The fourth-order valence-electron chi connectivity index (χ4n) is 6.80. The molecule has 2 bridgehead atoms. The van der Waals surface area contributed by atoms with E-state index < -0.39 is 81.4 Å². The van der Waals surface area contributed by atoms with Gasteiger partial charge in [0.1, 0.15) is 23.1 Å². The Hall–Kier alpha value is -4.48. The van der Waals surface area contributed by atoms with E-state index in [1.807, 2.05) is 24.3 Å². The van der Waals surface area contributed by atoms with E-state index in [1.165, 1.54) is 21.6 Å². The van der Waals surface area contributed by atoms with Crippen molar-refractivity contribution in [1.82, 2.24) is 0 Å². The number of hydrogen-bond acceptors (Lipinski definition) is 10. The van der Waals surface area contributed by atoms with Crippen molar-refractivity contribution in [3.63, 3.8) is 0 Å². The lowest BCUT2D eigenvalue weighted by Gasteiger charge is -2.33. The summed E-state index contributed by atoms with van der Waals surface area (Å²) in [6.45, 7) is 4.62. The Morgan fingerprint density at radius 2 is 1.47 bits per heavy atom. The molecule has 2 heterocycles. The SMILES string of the molecule is C=C(C)C(=O)OC1C2CC3C1OC(=O)C3C2C(=O)OC(C(F)(F)F)C(F)(F)S(=O)(=O)[O-].c1ccc([S+]2c3ccccc3Oc3ccccc32)cc1. The van der Waals surface area contributed by atoms with E-state index in [9.17, 15) is 49.3 Å². The summed E-state index contributed by atoms with van der Waals surface area (Å²) in [7, 11) is -6.96. The topological polar surface area (TPSA) is 145 Å². The molecule has 2 aliphatic heterocycles. The molecule has 3 aromatic carbocycles. The fraction of sp³-hybridized carbons (Fsp3) is 0.324. The Kier molecular flexibility index (Phi) is 9.43. The summed E-state index contributed by atoms with van der Waals surface area (Å²) in [5.41, 5.74) is -0.0693. The zero-order chi connectivity index (χ0) is 37.0. The molecule has 0 radical (unpaired) electrons. The van der Waals surface area contributed by atoms with E-state index >= 15 is 0 Å². The van der Waals surface area contributed by atoms with Gasteiger partial charge in [-0.15, -0.1) is 0 Å². The first-order valence-electron chi connectivity index (χ1n) is 15.2. The summed E-state index contributed by atoms with van der Waals surface area (Å²) in [6.07, 6.45) is -13.0. The van der Waals surface area contributed by atoms with Crippen molar-refractivity contribution in [1.29, 1.82) is 0 Å².